The molecule has 0 aromatic heterocycles. The Morgan fingerprint density at radius 2 is 1.76 bits per heavy atom. The SMILES string of the molecule is Cc1ccc(OCCCOc2ccccc2C=C2SC(=S)N(c3cccc(Cl)c3)C2=O)cc1. The molecule has 0 aliphatic carbocycles. The maximum absolute atomic E-state index is 13.0. The van der Waals surface area contributed by atoms with Gasteiger partial charge in [-0.25, -0.2) is 0 Å². The lowest BCUT2D eigenvalue weighted by Crippen LogP contribution is -2.27. The predicted octanol–water partition coefficient (Wildman–Crippen LogP) is 6.90. The molecule has 0 bridgehead atoms. The lowest BCUT2D eigenvalue weighted by atomic mass is 10.2. The molecule has 1 amide bonds. The summed E-state index contributed by atoms with van der Waals surface area (Å²) in [5, 5.41) is 0.552. The molecule has 168 valence electrons. The van der Waals surface area contributed by atoms with Crippen LogP contribution in [0.4, 0.5) is 5.69 Å². The first-order chi connectivity index (χ1) is 16.0. The van der Waals surface area contributed by atoms with E-state index in [1.165, 1.54) is 22.2 Å². The largest absolute Gasteiger partial charge is 0.493 e. The average molecular weight is 496 g/mol. The zero-order chi connectivity index (χ0) is 23.2. The highest BCUT2D eigenvalue weighted by molar-refractivity contribution is 8.27. The summed E-state index contributed by atoms with van der Waals surface area (Å²) in [6, 6.07) is 22.7. The first kappa shape index (κ1) is 23.4. The maximum Gasteiger partial charge on any atom is 0.270 e. The number of anilines is 1. The summed E-state index contributed by atoms with van der Waals surface area (Å²) in [4.78, 5) is 15.1. The number of rotatable bonds is 8. The Labute approximate surface area is 208 Å². The van der Waals surface area contributed by atoms with Crippen LogP contribution >= 0.6 is 35.6 Å². The van der Waals surface area contributed by atoms with E-state index in [9.17, 15) is 4.79 Å². The topological polar surface area (TPSA) is 38.8 Å². The van der Waals surface area contributed by atoms with Gasteiger partial charge in [0.15, 0.2) is 4.32 Å². The molecule has 1 aliphatic heterocycles. The molecule has 1 saturated heterocycles. The second-order valence-corrected chi connectivity index (χ2v) is 9.51. The van der Waals surface area contributed by atoms with E-state index >= 15 is 0 Å². The highest BCUT2D eigenvalue weighted by atomic mass is 35.5. The molecule has 3 aromatic rings. The van der Waals surface area contributed by atoms with Crippen LogP contribution < -0.4 is 14.4 Å². The Morgan fingerprint density at radius 3 is 2.55 bits per heavy atom. The molecule has 4 rings (SSSR count). The molecular weight excluding hydrogens is 474 g/mol. The van der Waals surface area contributed by atoms with Crippen molar-refractivity contribution in [1.82, 2.24) is 0 Å². The number of aryl methyl sites for hydroxylation is 1. The van der Waals surface area contributed by atoms with Crippen LogP contribution in [0.1, 0.15) is 17.5 Å². The van der Waals surface area contributed by atoms with E-state index in [1.54, 1.807) is 18.2 Å². The summed E-state index contributed by atoms with van der Waals surface area (Å²) in [6.07, 6.45) is 2.56. The summed E-state index contributed by atoms with van der Waals surface area (Å²) in [6.45, 7) is 3.11. The number of amides is 1. The Hall–Kier alpha value is -2.80. The van der Waals surface area contributed by atoms with E-state index < -0.39 is 0 Å². The highest BCUT2D eigenvalue weighted by Crippen LogP contribution is 2.37. The van der Waals surface area contributed by atoms with Crippen LogP contribution in [-0.2, 0) is 4.79 Å². The van der Waals surface area contributed by atoms with E-state index in [0.29, 0.717) is 38.9 Å². The Bertz CT molecular complexity index is 1190. The van der Waals surface area contributed by atoms with Crippen molar-refractivity contribution in [3.8, 4) is 11.5 Å². The number of para-hydroxylation sites is 1. The zero-order valence-electron chi connectivity index (χ0n) is 18.0. The molecule has 0 atom stereocenters. The second-order valence-electron chi connectivity index (χ2n) is 7.40. The summed E-state index contributed by atoms with van der Waals surface area (Å²) in [7, 11) is 0. The minimum atomic E-state index is -0.173. The number of hydrogen-bond acceptors (Lipinski definition) is 5. The lowest BCUT2D eigenvalue weighted by Gasteiger charge is -2.14. The van der Waals surface area contributed by atoms with Gasteiger partial charge in [0, 0.05) is 17.0 Å². The number of hydrogen-bond donors (Lipinski definition) is 0. The van der Waals surface area contributed by atoms with Crippen molar-refractivity contribution < 1.29 is 14.3 Å². The van der Waals surface area contributed by atoms with Crippen LogP contribution in [0, 0.1) is 6.92 Å². The van der Waals surface area contributed by atoms with Crippen LogP contribution in [0.3, 0.4) is 0 Å². The van der Waals surface area contributed by atoms with Gasteiger partial charge in [0.2, 0.25) is 0 Å². The third-order valence-corrected chi connectivity index (χ3v) is 6.44. The van der Waals surface area contributed by atoms with Gasteiger partial charge in [-0.1, -0.05) is 77.5 Å². The smallest absolute Gasteiger partial charge is 0.270 e. The monoisotopic (exact) mass is 495 g/mol. The standard InChI is InChI=1S/C26H22ClNO3S2/c1-18-10-12-22(13-11-18)30-14-5-15-31-23-9-3-2-6-19(23)16-24-25(29)28(26(32)33-24)21-8-4-7-20(27)17-21/h2-4,6-13,16-17H,5,14-15H2,1H3. The molecule has 1 aliphatic rings. The van der Waals surface area contributed by atoms with Gasteiger partial charge in [-0.15, -0.1) is 0 Å². The number of ether oxygens (including phenoxy) is 2. The fourth-order valence-corrected chi connectivity index (χ4v) is 4.72. The van der Waals surface area contributed by atoms with Gasteiger partial charge in [0.05, 0.1) is 23.8 Å². The molecule has 0 radical (unpaired) electrons. The number of thioether (sulfide) groups is 1. The molecule has 0 N–H and O–H groups in total. The molecule has 0 spiro atoms. The first-order valence-electron chi connectivity index (χ1n) is 10.5. The van der Waals surface area contributed by atoms with Crippen LogP contribution in [0.25, 0.3) is 6.08 Å². The Balaban J connectivity index is 1.39. The Kier molecular flexibility index (Phi) is 7.70. The predicted molar refractivity (Wildman–Crippen MR) is 140 cm³/mol. The van der Waals surface area contributed by atoms with Crippen LogP contribution in [0.15, 0.2) is 77.7 Å². The van der Waals surface area contributed by atoms with Crippen molar-refractivity contribution in [3.63, 3.8) is 0 Å². The fraction of sp³-hybridized carbons (Fsp3) is 0.154. The molecule has 1 fully saturated rings. The van der Waals surface area contributed by atoms with Crippen molar-refractivity contribution in [2.24, 2.45) is 0 Å². The van der Waals surface area contributed by atoms with Crippen LogP contribution in [-0.4, -0.2) is 23.4 Å². The summed E-state index contributed by atoms with van der Waals surface area (Å²) < 4.78 is 12.2. The van der Waals surface area contributed by atoms with E-state index in [0.717, 1.165) is 17.7 Å². The van der Waals surface area contributed by atoms with E-state index in [2.05, 4.69) is 0 Å². The van der Waals surface area contributed by atoms with Crippen LogP contribution in [0.2, 0.25) is 5.02 Å². The van der Waals surface area contributed by atoms with E-state index in [4.69, 9.17) is 33.3 Å². The number of carbonyl (C=O) groups excluding carboxylic acids is 1. The van der Waals surface area contributed by atoms with Crippen molar-refractivity contribution in [2.75, 3.05) is 18.1 Å². The van der Waals surface area contributed by atoms with E-state index in [-0.39, 0.29) is 5.91 Å². The van der Waals surface area contributed by atoms with Crippen LogP contribution in [0.5, 0.6) is 11.5 Å². The third kappa shape index (κ3) is 5.96. The summed E-state index contributed by atoms with van der Waals surface area (Å²) in [5.41, 5.74) is 2.68. The number of halogens is 1. The Morgan fingerprint density at radius 1 is 1.00 bits per heavy atom. The fourth-order valence-electron chi connectivity index (χ4n) is 3.24. The van der Waals surface area contributed by atoms with Gasteiger partial charge >= 0.3 is 0 Å². The zero-order valence-corrected chi connectivity index (χ0v) is 20.4. The third-order valence-electron chi connectivity index (χ3n) is 4.90. The molecule has 33 heavy (non-hydrogen) atoms. The highest BCUT2D eigenvalue weighted by Gasteiger charge is 2.33. The van der Waals surface area contributed by atoms with Gasteiger partial charge in [0.25, 0.3) is 5.91 Å². The molecule has 0 saturated carbocycles. The first-order valence-corrected chi connectivity index (χ1v) is 12.1. The molecular formula is C26H22ClNO3S2. The van der Waals surface area contributed by atoms with Gasteiger partial charge in [-0.05, 0) is 49.4 Å². The summed E-state index contributed by atoms with van der Waals surface area (Å²) in [5.74, 6) is 1.39. The number of nitrogens with zero attached hydrogens (tertiary/aromatic N) is 1. The normalized spacial score (nSPS) is 14.7. The van der Waals surface area contributed by atoms with Gasteiger partial charge < -0.3 is 9.47 Å². The molecule has 3 aromatic carbocycles. The number of carbonyl (C=O) groups is 1. The molecule has 4 nitrogen and oxygen atoms in total. The molecule has 0 unspecified atom stereocenters. The number of benzene rings is 3. The average Bonchev–Trinajstić information content (AvgIpc) is 3.08. The lowest BCUT2D eigenvalue weighted by molar-refractivity contribution is -0.113. The molecule has 1 heterocycles. The van der Waals surface area contributed by atoms with Crippen molar-refractivity contribution >= 4 is 57.6 Å². The van der Waals surface area contributed by atoms with Crippen molar-refractivity contribution in [3.05, 3.63) is 93.9 Å². The maximum atomic E-state index is 13.0. The summed E-state index contributed by atoms with van der Waals surface area (Å²) >= 11 is 12.8. The number of thiocarbonyl (C=S) groups is 1. The van der Waals surface area contributed by atoms with Gasteiger partial charge in [-0.3, -0.25) is 9.69 Å². The minimum absolute atomic E-state index is 0.173. The second kappa shape index (κ2) is 10.9. The molecule has 7 heteroatoms. The minimum Gasteiger partial charge on any atom is -0.493 e. The van der Waals surface area contributed by atoms with E-state index in [1.807, 2.05) is 67.6 Å². The van der Waals surface area contributed by atoms with Crippen molar-refractivity contribution in [2.45, 2.75) is 13.3 Å². The van der Waals surface area contributed by atoms with Gasteiger partial charge in [-0.2, -0.15) is 0 Å². The van der Waals surface area contributed by atoms with Crippen molar-refractivity contribution in [1.29, 1.82) is 0 Å². The quantitative estimate of drug-likeness (QED) is 0.193. The van der Waals surface area contributed by atoms with Gasteiger partial charge in [0.1, 0.15) is 11.5 Å².